The van der Waals surface area contributed by atoms with Crippen molar-refractivity contribution in [2.75, 3.05) is 13.2 Å². The molecule has 4 nitrogen and oxygen atoms in total. The first-order chi connectivity index (χ1) is 9.49. The van der Waals surface area contributed by atoms with Crippen LogP contribution in [-0.2, 0) is 10.3 Å². The van der Waals surface area contributed by atoms with Crippen LogP contribution in [0.15, 0.2) is 36.7 Å². The average Bonchev–Trinajstić information content (AvgIpc) is 2.36. The molecule has 20 heavy (non-hydrogen) atoms. The van der Waals surface area contributed by atoms with E-state index in [2.05, 4.69) is 32.6 Å². The fourth-order valence-electron chi connectivity index (χ4n) is 1.53. The molecular formula is C13H11Cl2IN2O2. The van der Waals surface area contributed by atoms with Crippen LogP contribution in [0.5, 0.6) is 0 Å². The van der Waals surface area contributed by atoms with Gasteiger partial charge in [-0.3, -0.25) is 0 Å². The highest BCUT2D eigenvalue weighted by atomic mass is 127. The second kappa shape index (κ2) is 7.00. The van der Waals surface area contributed by atoms with Gasteiger partial charge in [0.05, 0.1) is 13.2 Å². The van der Waals surface area contributed by atoms with Crippen molar-refractivity contribution in [1.82, 2.24) is 9.97 Å². The van der Waals surface area contributed by atoms with E-state index < -0.39 is 5.60 Å². The number of hydrogen-bond acceptors (Lipinski definition) is 4. The Morgan fingerprint density at radius 1 is 1.10 bits per heavy atom. The molecule has 3 rings (SSSR count). The fraction of sp³-hybridized carbons (Fsp3) is 0.231. The van der Waals surface area contributed by atoms with E-state index in [0.717, 1.165) is 9.13 Å². The van der Waals surface area contributed by atoms with Crippen LogP contribution >= 0.6 is 45.8 Å². The number of ether oxygens (including phenoxy) is 1. The van der Waals surface area contributed by atoms with Crippen LogP contribution in [0.3, 0.4) is 0 Å². The molecule has 7 heteroatoms. The van der Waals surface area contributed by atoms with Gasteiger partial charge in [-0.05, 0) is 52.4 Å². The van der Waals surface area contributed by atoms with E-state index >= 15 is 0 Å². The van der Waals surface area contributed by atoms with Crippen LogP contribution in [0.2, 0.25) is 10.3 Å². The molecule has 1 N–H and O–H groups in total. The molecule has 0 saturated carbocycles. The second-order valence-electron chi connectivity index (χ2n) is 4.19. The smallest absolute Gasteiger partial charge is 0.136 e. The first-order valence-electron chi connectivity index (χ1n) is 5.69. The molecule has 0 amide bonds. The Kier molecular flexibility index (Phi) is 5.57. The van der Waals surface area contributed by atoms with Crippen LogP contribution < -0.4 is 0 Å². The number of hydrogen-bond donors (Lipinski definition) is 1. The summed E-state index contributed by atoms with van der Waals surface area (Å²) in [5.41, 5.74) is -0.0687. The van der Waals surface area contributed by atoms with Gasteiger partial charge in [0, 0.05) is 16.0 Å². The maximum absolute atomic E-state index is 9.79. The Balaban J connectivity index is 0.000000160. The van der Waals surface area contributed by atoms with Gasteiger partial charge < -0.3 is 9.84 Å². The van der Waals surface area contributed by atoms with Crippen LogP contribution in [0.4, 0.5) is 0 Å². The highest BCUT2D eigenvalue weighted by Gasteiger charge is 2.38. The summed E-state index contributed by atoms with van der Waals surface area (Å²) in [5, 5.41) is 10.7. The molecule has 0 unspecified atom stereocenters. The number of pyridine rings is 2. The van der Waals surface area contributed by atoms with Crippen LogP contribution in [0.1, 0.15) is 5.56 Å². The van der Waals surface area contributed by atoms with Gasteiger partial charge in [0.25, 0.3) is 0 Å². The van der Waals surface area contributed by atoms with Gasteiger partial charge in [-0.2, -0.15) is 0 Å². The molecule has 0 bridgehead atoms. The SMILES string of the molecule is Clc1cc(I)ccn1.OC1(c2ccnc(Cl)c2)COC1. The molecule has 1 saturated heterocycles. The summed E-state index contributed by atoms with van der Waals surface area (Å²) in [5.74, 6) is 0. The van der Waals surface area contributed by atoms with Crippen LogP contribution in [-0.4, -0.2) is 28.3 Å². The monoisotopic (exact) mass is 424 g/mol. The third kappa shape index (κ3) is 4.26. The third-order valence-electron chi connectivity index (χ3n) is 2.63. The van der Waals surface area contributed by atoms with E-state index in [-0.39, 0.29) is 0 Å². The highest BCUT2D eigenvalue weighted by molar-refractivity contribution is 14.1. The normalized spacial score (nSPS) is 15.8. The Morgan fingerprint density at radius 3 is 2.10 bits per heavy atom. The largest absolute Gasteiger partial charge is 0.380 e. The minimum absolute atomic E-state index is 0.341. The number of aliphatic hydroxyl groups is 1. The average molecular weight is 425 g/mol. The minimum Gasteiger partial charge on any atom is -0.380 e. The number of aromatic nitrogens is 2. The zero-order valence-corrected chi connectivity index (χ0v) is 13.9. The van der Waals surface area contributed by atoms with Crippen molar-refractivity contribution in [2.24, 2.45) is 0 Å². The lowest BCUT2D eigenvalue weighted by molar-refractivity contribution is -0.184. The molecular weight excluding hydrogens is 414 g/mol. The maximum atomic E-state index is 9.79. The molecule has 1 aliphatic heterocycles. The van der Waals surface area contributed by atoms with Crippen molar-refractivity contribution in [3.8, 4) is 0 Å². The molecule has 106 valence electrons. The summed E-state index contributed by atoms with van der Waals surface area (Å²) >= 11 is 13.4. The Bertz CT molecular complexity index is 577. The molecule has 0 atom stereocenters. The molecule has 0 radical (unpaired) electrons. The fourth-order valence-corrected chi connectivity index (χ4v) is 2.52. The molecule has 1 fully saturated rings. The zero-order valence-electron chi connectivity index (χ0n) is 10.3. The highest BCUT2D eigenvalue weighted by Crippen LogP contribution is 2.29. The van der Waals surface area contributed by atoms with Gasteiger partial charge in [-0.25, -0.2) is 9.97 Å². The van der Waals surface area contributed by atoms with E-state index in [9.17, 15) is 5.11 Å². The zero-order chi connectivity index (χ0) is 14.6. The molecule has 0 spiro atoms. The molecule has 0 aliphatic carbocycles. The van der Waals surface area contributed by atoms with Gasteiger partial charge in [-0.1, -0.05) is 23.2 Å². The molecule has 0 aromatic carbocycles. The van der Waals surface area contributed by atoms with E-state index in [4.69, 9.17) is 27.9 Å². The first kappa shape index (κ1) is 15.9. The van der Waals surface area contributed by atoms with Crippen molar-refractivity contribution in [3.05, 3.63) is 56.1 Å². The summed E-state index contributed by atoms with van der Waals surface area (Å²) in [4.78, 5) is 7.63. The standard InChI is InChI=1S/C8H8ClNO2.C5H3ClIN/c9-7-3-6(1-2-10-7)8(11)4-12-5-8;6-5-3-4(7)1-2-8-5/h1-3,11H,4-5H2;1-3H. The van der Waals surface area contributed by atoms with Crippen molar-refractivity contribution in [2.45, 2.75) is 5.60 Å². The van der Waals surface area contributed by atoms with Crippen molar-refractivity contribution >= 4 is 45.8 Å². The second-order valence-corrected chi connectivity index (χ2v) is 6.21. The predicted molar refractivity (Wildman–Crippen MR) is 85.9 cm³/mol. The molecule has 3 heterocycles. The van der Waals surface area contributed by atoms with Crippen molar-refractivity contribution in [3.63, 3.8) is 0 Å². The number of rotatable bonds is 1. The van der Waals surface area contributed by atoms with Gasteiger partial charge >= 0.3 is 0 Å². The maximum Gasteiger partial charge on any atom is 0.136 e. The number of nitrogens with zero attached hydrogens (tertiary/aromatic N) is 2. The molecule has 1 aliphatic rings. The summed E-state index contributed by atoms with van der Waals surface area (Å²) in [7, 11) is 0. The molecule has 2 aromatic heterocycles. The lowest BCUT2D eigenvalue weighted by Crippen LogP contribution is -2.46. The topological polar surface area (TPSA) is 55.2 Å². The van der Waals surface area contributed by atoms with Crippen molar-refractivity contribution < 1.29 is 9.84 Å². The van der Waals surface area contributed by atoms with Gasteiger partial charge in [0.2, 0.25) is 0 Å². The minimum atomic E-state index is -0.841. The van der Waals surface area contributed by atoms with E-state index in [1.165, 1.54) is 0 Å². The van der Waals surface area contributed by atoms with Crippen LogP contribution in [0.25, 0.3) is 0 Å². The van der Waals surface area contributed by atoms with E-state index in [0.29, 0.717) is 23.5 Å². The summed E-state index contributed by atoms with van der Waals surface area (Å²) in [6, 6.07) is 7.10. The lowest BCUT2D eigenvalue weighted by Gasteiger charge is -2.36. The Hall–Kier alpha value is -0.470. The summed E-state index contributed by atoms with van der Waals surface area (Å²) in [6.07, 6.45) is 3.26. The molecule has 2 aromatic rings. The quantitative estimate of drug-likeness (QED) is 0.563. The summed E-state index contributed by atoms with van der Waals surface area (Å²) < 4.78 is 6.03. The third-order valence-corrected chi connectivity index (χ3v) is 3.72. The van der Waals surface area contributed by atoms with Gasteiger partial charge in [0.1, 0.15) is 15.9 Å². The van der Waals surface area contributed by atoms with Gasteiger partial charge in [0.15, 0.2) is 0 Å². The lowest BCUT2D eigenvalue weighted by atomic mass is 9.93. The first-order valence-corrected chi connectivity index (χ1v) is 7.52. The summed E-state index contributed by atoms with van der Waals surface area (Å²) in [6.45, 7) is 0.681. The Labute approximate surface area is 140 Å². The van der Waals surface area contributed by atoms with E-state index in [1.807, 2.05) is 12.1 Å². The van der Waals surface area contributed by atoms with E-state index in [1.54, 1.807) is 24.5 Å². The van der Waals surface area contributed by atoms with Gasteiger partial charge in [-0.15, -0.1) is 0 Å². The predicted octanol–water partition coefficient (Wildman–Crippen LogP) is 3.29. The Morgan fingerprint density at radius 2 is 1.70 bits per heavy atom. The van der Waals surface area contributed by atoms with Crippen LogP contribution in [0, 0.1) is 3.57 Å². The number of halogens is 3. The van der Waals surface area contributed by atoms with Crippen molar-refractivity contribution in [1.29, 1.82) is 0 Å².